The fraction of sp³-hybridized carbons (Fsp3) is 0.259. The number of nitriles is 1. The molecule has 0 bridgehead atoms. The molecule has 1 aromatic carbocycles. The Kier molecular flexibility index (Phi) is 7.69. The fourth-order valence-corrected chi connectivity index (χ4v) is 4.43. The van der Waals surface area contributed by atoms with Gasteiger partial charge in [0.2, 0.25) is 11.8 Å². The number of benzene rings is 1. The largest absolute Gasteiger partial charge is 0.479 e. The van der Waals surface area contributed by atoms with Crippen LogP contribution in [0, 0.1) is 17.2 Å². The minimum atomic E-state index is -0.834. The Morgan fingerprint density at radius 1 is 1.28 bits per heavy atom. The molecule has 0 radical (unpaired) electrons. The lowest BCUT2D eigenvalue weighted by atomic mass is 9.89. The van der Waals surface area contributed by atoms with Crippen molar-refractivity contribution in [1.29, 1.82) is 5.26 Å². The Balaban J connectivity index is 1.97. The van der Waals surface area contributed by atoms with Crippen LogP contribution in [0.15, 0.2) is 63.8 Å². The number of carbonyl (C=O) groups excluding carboxylic acids is 1. The summed E-state index contributed by atoms with van der Waals surface area (Å²) in [5, 5.41) is 9.54. The molecule has 11 nitrogen and oxygen atoms in total. The maximum atomic E-state index is 13.7. The lowest BCUT2D eigenvalue weighted by Gasteiger charge is -2.28. The Hall–Kier alpha value is -4.69. The summed E-state index contributed by atoms with van der Waals surface area (Å²) in [5.74, 6) is -0.114. The zero-order valence-electron chi connectivity index (χ0n) is 22.1. The monoisotopic (exact) mass is 546 g/mol. The highest BCUT2D eigenvalue weighted by atomic mass is 35.5. The molecule has 0 fully saturated rings. The number of nitrogens with two attached hydrogens (primary N) is 1. The van der Waals surface area contributed by atoms with E-state index < -0.39 is 17.5 Å². The number of aliphatic imine (C=N–C) groups is 1. The van der Waals surface area contributed by atoms with Gasteiger partial charge in [-0.05, 0) is 29.7 Å². The second-order valence-electron chi connectivity index (χ2n) is 9.28. The van der Waals surface area contributed by atoms with E-state index in [1.165, 1.54) is 30.5 Å². The van der Waals surface area contributed by atoms with Crippen molar-refractivity contribution < 1.29 is 9.53 Å². The summed E-state index contributed by atoms with van der Waals surface area (Å²) in [5.41, 5.74) is 8.23. The van der Waals surface area contributed by atoms with Crippen LogP contribution in [0.25, 0.3) is 0 Å². The van der Waals surface area contributed by atoms with Gasteiger partial charge in [0.05, 0.1) is 41.7 Å². The van der Waals surface area contributed by atoms with Crippen LogP contribution in [-0.4, -0.2) is 47.8 Å². The number of aromatic nitrogens is 3. The number of carbonyl (C=O) groups is 1. The fourth-order valence-electron chi connectivity index (χ4n) is 4.27. The molecule has 3 N–H and O–H groups in total. The first-order chi connectivity index (χ1) is 18.6. The highest BCUT2D eigenvalue weighted by Gasteiger charge is 2.43. The molecule has 1 amide bonds. The van der Waals surface area contributed by atoms with Crippen LogP contribution in [0.1, 0.15) is 31.0 Å². The molecule has 2 aromatic heterocycles. The predicted octanol–water partition coefficient (Wildman–Crippen LogP) is 3.49. The van der Waals surface area contributed by atoms with Gasteiger partial charge in [-0.15, -0.1) is 0 Å². The first-order valence-electron chi connectivity index (χ1n) is 12.0. The summed E-state index contributed by atoms with van der Waals surface area (Å²) < 4.78 is 5.48. The van der Waals surface area contributed by atoms with Crippen LogP contribution in [0.4, 0.5) is 17.3 Å². The van der Waals surface area contributed by atoms with E-state index in [1.54, 1.807) is 43.3 Å². The van der Waals surface area contributed by atoms with Crippen LogP contribution in [-0.2, 0) is 4.79 Å². The maximum Gasteiger partial charge on any atom is 0.275 e. The minimum absolute atomic E-state index is 0.0270. The summed E-state index contributed by atoms with van der Waals surface area (Å²) in [6, 6.07) is 9.37. The molecule has 12 heteroatoms. The van der Waals surface area contributed by atoms with Gasteiger partial charge in [-0.1, -0.05) is 37.6 Å². The molecule has 0 saturated carbocycles. The molecule has 1 atom stereocenters. The summed E-state index contributed by atoms with van der Waals surface area (Å²) >= 11 is 6.19. The molecule has 0 saturated heterocycles. The first-order valence-corrected chi connectivity index (χ1v) is 12.3. The number of pyridine rings is 1. The minimum Gasteiger partial charge on any atom is -0.479 e. The van der Waals surface area contributed by atoms with Crippen LogP contribution in [0.2, 0.25) is 5.02 Å². The summed E-state index contributed by atoms with van der Waals surface area (Å²) in [6.07, 6.45) is 2.88. The lowest BCUT2D eigenvalue weighted by Crippen LogP contribution is -2.35. The highest BCUT2D eigenvalue weighted by molar-refractivity contribution is 6.31. The second kappa shape index (κ2) is 11.0. The van der Waals surface area contributed by atoms with E-state index in [0.29, 0.717) is 34.0 Å². The van der Waals surface area contributed by atoms with Gasteiger partial charge in [0, 0.05) is 25.9 Å². The number of methoxy groups -OCH3 is 1. The molecule has 0 spiro atoms. The van der Waals surface area contributed by atoms with Crippen molar-refractivity contribution in [2.75, 3.05) is 31.0 Å². The molecule has 0 unspecified atom stereocenters. The highest BCUT2D eigenvalue weighted by Crippen LogP contribution is 2.42. The second-order valence-corrected chi connectivity index (χ2v) is 9.72. The number of ether oxygens (including phenoxy) is 1. The van der Waals surface area contributed by atoms with Crippen LogP contribution in [0.5, 0.6) is 5.88 Å². The smallest absolute Gasteiger partial charge is 0.275 e. The van der Waals surface area contributed by atoms with E-state index in [2.05, 4.69) is 21.0 Å². The van der Waals surface area contributed by atoms with Gasteiger partial charge in [0.15, 0.2) is 0 Å². The molecular weight excluding hydrogens is 520 g/mol. The number of nitrogens with zero attached hydrogens (tertiary/aromatic N) is 6. The molecule has 1 aliphatic heterocycles. The van der Waals surface area contributed by atoms with E-state index in [0.717, 1.165) is 0 Å². The predicted molar refractivity (Wildman–Crippen MR) is 150 cm³/mol. The molecular formula is C27H27ClN8O3. The number of rotatable bonds is 7. The molecule has 1 aliphatic rings. The number of H-pyrrole nitrogens is 1. The van der Waals surface area contributed by atoms with E-state index in [9.17, 15) is 14.9 Å². The number of aromatic amines is 1. The lowest BCUT2D eigenvalue weighted by molar-refractivity contribution is -0.114. The Bertz CT molecular complexity index is 1590. The van der Waals surface area contributed by atoms with Crippen molar-refractivity contribution in [3.63, 3.8) is 0 Å². The van der Waals surface area contributed by atoms with Crippen molar-refractivity contribution in [3.05, 3.63) is 80.5 Å². The van der Waals surface area contributed by atoms with Crippen molar-refractivity contribution in [1.82, 2.24) is 15.0 Å². The third-order valence-corrected chi connectivity index (χ3v) is 6.33. The summed E-state index contributed by atoms with van der Waals surface area (Å²) in [7, 11) is 5.09. The number of halogens is 1. The van der Waals surface area contributed by atoms with E-state index in [1.807, 2.05) is 13.8 Å². The number of hydrogen-bond acceptors (Lipinski definition) is 9. The van der Waals surface area contributed by atoms with Crippen molar-refractivity contribution in [2.24, 2.45) is 16.6 Å². The van der Waals surface area contributed by atoms with E-state index >= 15 is 0 Å². The molecule has 3 heterocycles. The third-order valence-electron chi connectivity index (χ3n) is 6.11. The Morgan fingerprint density at radius 2 is 1.97 bits per heavy atom. The van der Waals surface area contributed by atoms with Crippen LogP contribution >= 0.6 is 11.6 Å². The van der Waals surface area contributed by atoms with Crippen molar-refractivity contribution >= 4 is 40.5 Å². The molecule has 39 heavy (non-hydrogen) atoms. The van der Waals surface area contributed by atoms with E-state index in [-0.39, 0.29) is 28.2 Å². The van der Waals surface area contributed by atoms with Crippen LogP contribution < -0.4 is 25.8 Å². The molecule has 4 rings (SSSR count). The van der Waals surface area contributed by atoms with Gasteiger partial charge in [0.1, 0.15) is 17.1 Å². The standard InChI is InChI=1S/C27H27ClN8O3/c1-14(2)22(33-18-13-32-27(35(3)4)34-25(18)39-5)20-21(30)26(38)36(19-10-17(28)12-31-24(19)37)23(20)16-8-6-15(11-29)7-9-16/h6-10,12-14,23H,30H2,1-5H3,(H,31,37)/t23-/m0/s1. The normalized spacial score (nSPS) is 15.6. The topological polar surface area (TPSA) is 154 Å². The number of hydrogen-bond donors (Lipinski definition) is 2. The quantitative estimate of drug-likeness (QED) is 0.427. The molecule has 0 aliphatic carbocycles. The van der Waals surface area contributed by atoms with Crippen LogP contribution in [0.3, 0.4) is 0 Å². The number of nitrogens with one attached hydrogen (secondary N) is 1. The third kappa shape index (κ3) is 5.19. The Labute approximate surface area is 230 Å². The molecule has 200 valence electrons. The van der Waals surface area contributed by atoms with Gasteiger partial charge in [0.25, 0.3) is 11.5 Å². The SMILES string of the molecule is COc1nc(N(C)C)ncc1N=C(C1=C(N)C(=O)N(c2cc(Cl)c[nH]c2=O)[C@H]1c1ccc(C#N)cc1)C(C)C. The van der Waals surface area contributed by atoms with Crippen molar-refractivity contribution in [2.45, 2.75) is 19.9 Å². The number of amides is 1. The molecule has 3 aromatic rings. The average molecular weight is 547 g/mol. The van der Waals surface area contributed by atoms with Gasteiger partial charge in [-0.2, -0.15) is 10.2 Å². The Morgan fingerprint density at radius 3 is 2.56 bits per heavy atom. The van der Waals surface area contributed by atoms with Crippen molar-refractivity contribution in [3.8, 4) is 11.9 Å². The first kappa shape index (κ1) is 27.3. The van der Waals surface area contributed by atoms with E-state index in [4.69, 9.17) is 27.1 Å². The van der Waals surface area contributed by atoms with Gasteiger partial charge >= 0.3 is 0 Å². The van der Waals surface area contributed by atoms with Gasteiger partial charge in [-0.3, -0.25) is 14.5 Å². The average Bonchev–Trinajstić information content (AvgIpc) is 3.18. The maximum absolute atomic E-state index is 13.7. The zero-order chi connectivity index (χ0) is 28.4. The number of anilines is 2. The van der Waals surface area contributed by atoms with Gasteiger partial charge in [-0.25, -0.2) is 9.98 Å². The zero-order valence-corrected chi connectivity index (χ0v) is 22.8. The van der Waals surface area contributed by atoms with Gasteiger partial charge < -0.3 is 20.4 Å². The summed E-state index contributed by atoms with van der Waals surface area (Å²) in [6.45, 7) is 3.83. The summed E-state index contributed by atoms with van der Waals surface area (Å²) in [4.78, 5) is 45.8.